The highest BCUT2D eigenvalue weighted by atomic mass is 35.5. The number of nitrogen functional groups attached to an aromatic ring is 1. The summed E-state index contributed by atoms with van der Waals surface area (Å²) in [6.07, 6.45) is 0. The molecule has 0 radical (unpaired) electrons. The molecule has 2 aromatic carbocycles. The number of nitrogens with two attached hydrogens (primary N) is 1. The molecule has 0 saturated heterocycles. The molecule has 2 aromatic rings. The minimum absolute atomic E-state index is 0.179. The predicted molar refractivity (Wildman–Crippen MR) is 85.1 cm³/mol. The van der Waals surface area contributed by atoms with E-state index in [1.54, 1.807) is 11.8 Å². The van der Waals surface area contributed by atoms with Gasteiger partial charge in [-0.1, -0.05) is 62.3 Å². The maximum absolute atomic E-state index is 6.03. The number of para-hydroxylation sites is 1. The van der Waals surface area contributed by atoms with Gasteiger partial charge in [0.1, 0.15) is 0 Å². The van der Waals surface area contributed by atoms with Crippen molar-refractivity contribution in [2.24, 2.45) is 0 Å². The van der Waals surface area contributed by atoms with E-state index in [9.17, 15) is 0 Å². The molecule has 0 spiro atoms. The Balaban J connectivity index is 2.23. The number of rotatable bonds is 2. The monoisotopic (exact) mass is 291 g/mol. The molecule has 2 rings (SSSR count). The molecular weight excluding hydrogens is 274 g/mol. The summed E-state index contributed by atoms with van der Waals surface area (Å²) in [6.45, 7) is 6.64. The molecule has 19 heavy (non-hydrogen) atoms. The van der Waals surface area contributed by atoms with Crippen molar-refractivity contribution >= 4 is 29.1 Å². The third-order valence-electron chi connectivity index (χ3n) is 2.96. The normalized spacial score (nSPS) is 11.6. The van der Waals surface area contributed by atoms with Crippen molar-refractivity contribution in [2.75, 3.05) is 5.73 Å². The second kappa shape index (κ2) is 5.48. The molecule has 0 atom stereocenters. The molecule has 0 fully saturated rings. The van der Waals surface area contributed by atoms with Gasteiger partial charge >= 0.3 is 0 Å². The highest BCUT2D eigenvalue weighted by molar-refractivity contribution is 7.99. The minimum atomic E-state index is 0.179. The Labute approximate surface area is 124 Å². The summed E-state index contributed by atoms with van der Waals surface area (Å²) in [5.41, 5.74) is 8.13. The van der Waals surface area contributed by atoms with Gasteiger partial charge in [0.25, 0.3) is 0 Å². The summed E-state index contributed by atoms with van der Waals surface area (Å²) in [7, 11) is 0. The van der Waals surface area contributed by atoms with Crippen LogP contribution < -0.4 is 5.73 Å². The summed E-state index contributed by atoms with van der Waals surface area (Å²) < 4.78 is 0. The molecule has 3 heteroatoms. The van der Waals surface area contributed by atoms with E-state index in [0.29, 0.717) is 10.7 Å². The first-order valence-electron chi connectivity index (χ1n) is 6.20. The first-order chi connectivity index (χ1) is 8.88. The zero-order valence-corrected chi connectivity index (χ0v) is 13.0. The van der Waals surface area contributed by atoms with Crippen LogP contribution in [-0.4, -0.2) is 0 Å². The topological polar surface area (TPSA) is 26.0 Å². The minimum Gasteiger partial charge on any atom is -0.397 e. The quantitative estimate of drug-likeness (QED) is 0.753. The van der Waals surface area contributed by atoms with Gasteiger partial charge in [0.2, 0.25) is 0 Å². The largest absolute Gasteiger partial charge is 0.397 e. The SMILES string of the molecule is CC(C)(C)c1ccc(Sc2cccc(Cl)c2N)cc1. The fourth-order valence-electron chi connectivity index (χ4n) is 1.76. The van der Waals surface area contributed by atoms with Gasteiger partial charge in [-0.3, -0.25) is 0 Å². The molecule has 0 aliphatic carbocycles. The van der Waals surface area contributed by atoms with E-state index in [1.807, 2.05) is 18.2 Å². The van der Waals surface area contributed by atoms with Crippen LogP contribution >= 0.6 is 23.4 Å². The van der Waals surface area contributed by atoms with Gasteiger partial charge in [-0.2, -0.15) is 0 Å². The lowest BCUT2D eigenvalue weighted by Gasteiger charge is -2.19. The van der Waals surface area contributed by atoms with Crippen LogP contribution in [0.1, 0.15) is 26.3 Å². The van der Waals surface area contributed by atoms with E-state index in [4.69, 9.17) is 17.3 Å². The molecule has 0 bridgehead atoms. The number of hydrogen-bond donors (Lipinski definition) is 1. The van der Waals surface area contributed by atoms with Gasteiger partial charge in [0.05, 0.1) is 10.7 Å². The van der Waals surface area contributed by atoms with Crippen molar-refractivity contribution in [1.82, 2.24) is 0 Å². The van der Waals surface area contributed by atoms with Gasteiger partial charge < -0.3 is 5.73 Å². The van der Waals surface area contributed by atoms with E-state index in [-0.39, 0.29) is 5.41 Å². The van der Waals surface area contributed by atoms with Crippen molar-refractivity contribution in [3.8, 4) is 0 Å². The number of hydrogen-bond acceptors (Lipinski definition) is 2. The van der Waals surface area contributed by atoms with Crippen LogP contribution in [0.2, 0.25) is 5.02 Å². The van der Waals surface area contributed by atoms with Gasteiger partial charge in [-0.15, -0.1) is 0 Å². The average Bonchev–Trinajstić information content (AvgIpc) is 2.35. The fraction of sp³-hybridized carbons (Fsp3) is 0.250. The lowest BCUT2D eigenvalue weighted by atomic mass is 9.87. The Bertz CT molecular complexity index is 570. The standard InChI is InChI=1S/C16H18ClNS/c1-16(2,3)11-7-9-12(10-8-11)19-14-6-4-5-13(17)15(14)18/h4-10H,18H2,1-3H3. The Morgan fingerprint density at radius 3 is 2.21 bits per heavy atom. The second-order valence-electron chi connectivity index (χ2n) is 5.53. The zero-order valence-electron chi connectivity index (χ0n) is 11.4. The van der Waals surface area contributed by atoms with E-state index < -0.39 is 0 Å². The third kappa shape index (κ3) is 3.46. The molecule has 0 heterocycles. The van der Waals surface area contributed by atoms with E-state index in [2.05, 4.69) is 45.0 Å². The van der Waals surface area contributed by atoms with Crippen molar-refractivity contribution in [3.05, 3.63) is 53.1 Å². The number of anilines is 1. The molecule has 0 aliphatic heterocycles. The van der Waals surface area contributed by atoms with Gasteiger partial charge in [-0.05, 0) is 35.2 Å². The van der Waals surface area contributed by atoms with Crippen molar-refractivity contribution < 1.29 is 0 Å². The van der Waals surface area contributed by atoms with Crippen LogP contribution in [0.3, 0.4) is 0 Å². The van der Waals surface area contributed by atoms with Crippen LogP contribution in [-0.2, 0) is 5.41 Å². The van der Waals surface area contributed by atoms with Crippen LogP contribution in [0.25, 0.3) is 0 Å². The van der Waals surface area contributed by atoms with Crippen LogP contribution in [0.5, 0.6) is 0 Å². The number of benzene rings is 2. The zero-order chi connectivity index (χ0) is 14.0. The molecule has 100 valence electrons. The Hall–Kier alpha value is -1.12. The summed E-state index contributed by atoms with van der Waals surface area (Å²) in [6, 6.07) is 14.3. The summed E-state index contributed by atoms with van der Waals surface area (Å²) in [4.78, 5) is 2.16. The van der Waals surface area contributed by atoms with Crippen LogP contribution in [0.15, 0.2) is 52.3 Å². The molecule has 0 unspecified atom stereocenters. The second-order valence-corrected chi connectivity index (χ2v) is 7.05. The van der Waals surface area contributed by atoms with Gasteiger partial charge in [0.15, 0.2) is 0 Å². The smallest absolute Gasteiger partial charge is 0.0647 e. The van der Waals surface area contributed by atoms with Crippen LogP contribution in [0, 0.1) is 0 Å². The first kappa shape index (κ1) is 14.3. The maximum Gasteiger partial charge on any atom is 0.0647 e. The average molecular weight is 292 g/mol. The lowest BCUT2D eigenvalue weighted by molar-refractivity contribution is 0.590. The Morgan fingerprint density at radius 1 is 1.00 bits per heavy atom. The lowest BCUT2D eigenvalue weighted by Crippen LogP contribution is -2.10. The molecule has 2 N–H and O–H groups in total. The summed E-state index contributed by atoms with van der Waals surface area (Å²) >= 11 is 7.67. The third-order valence-corrected chi connectivity index (χ3v) is 4.37. The molecule has 0 saturated carbocycles. The van der Waals surface area contributed by atoms with Crippen molar-refractivity contribution in [2.45, 2.75) is 36.0 Å². The highest BCUT2D eigenvalue weighted by Gasteiger charge is 2.13. The molecule has 0 aromatic heterocycles. The van der Waals surface area contributed by atoms with E-state index >= 15 is 0 Å². The first-order valence-corrected chi connectivity index (χ1v) is 7.40. The van der Waals surface area contributed by atoms with E-state index in [1.165, 1.54) is 10.5 Å². The van der Waals surface area contributed by atoms with Gasteiger partial charge in [0, 0.05) is 9.79 Å². The molecular formula is C16H18ClNS. The van der Waals surface area contributed by atoms with Gasteiger partial charge in [-0.25, -0.2) is 0 Å². The van der Waals surface area contributed by atoms with Crippen molar-refractivity contribution in [3.63, 3.8) is 0 Å². The highest BCUT2D eigenvalue weighted by Crippen LogP contribution is 2.36. The van der Waals surface area contributed by atoms with E-state index in [0.717, 1.165) is 4.90 Å². The number of halogens is 1. The molecule has 1 nitrogen and oxygen atoms in total. The predicted octanol–water partition coefficient (Wildman–Crippen LogP) is 5.37. The summed E-state index contributed by atoms with van der Waals surface area (Å²) in [5.74, 6) is 0. The Morgan fingerprint density at radius 2 is 1.63 bits per heavy atom. The molecule has 0 aliphatic rings. The summed E-state index contributed by atoms with van der Waals surface area (Å²) in [5, 5.41) is 0.608. The van der Waals surface area contributed by atoms with Crippen molar-refractivity contribution in [1.29, 1.82) is 0 Å². The molecule has 0 amide bonds. The van der Waals surface area contributed by atoms with Crippen LogP contribution in [0.4, 0.5) is 5.69 Å². The fourth-order valence-corrected chi connectivity index (χ4v) is 2.88. The maximum atomic E-state index is 6.03. The Kier molecular flexibility index (Phi) is 4.12.